The van der Waals surface area contributed by atoms with Gasteiger partial charge in [-0.3, -0.25) is 9.59 Å². The average Bonchev–Trinajstić information content (AvgIpc) is 3.18. The first-order chi connectivity index (χ1) is 15.1. The van der Waals surface area contributed by atoms with E-state index in [1.54, 1.807) is 6.07 Å². The zero-order chi connectivity index (χ0) is 23.7. The van der Waals surface area contributed by atoms with E-state index in [1.165, 1.54) is 35.3 Å². The van der Waals surface area contributed by atoms with E-state index in [2.05, 4.69) is 20.4 Å². The number of nitrogens with one attached hydrogen (secondary N) is 1. The second-order valence-electron chi connectivity index (χ2n) is 6.94. The molecule has 0 saturated carbocycles. The Labute approximate surface area is 182 Å². The SMILES string of the molecule is CC(F)(F)Oc1cccc(CNC(=O)c2cn(CC(F)CCN(N)/C=C(\N)C=O)nn2)c1. The van der Waals surface area contributed by atoms with Gasteiger partial charge >= 0.3 is 6.11 Å². The number of rotatable bonds is 12. The Bertz CT molecular complexity index is 946. The quantitative estimate of drug-likeness (QED) is 0.187. The number of nitrogens with two attached hydrogens (primary N) is 2. The minimum atomic E-state index is -3.32. The minimum absolute atomic E-state index is 0.0236. The van der Waals surface area contributed by atoms with Gasteiger partial charge in [-0.25, -0.2) is 14.9 Å². The summed E-state index contributed by atoms with van der Waals surface area (Å²) < 4.78 is 45.7. The van der Waals surface area contributed by atoms with Gasteiger partial charge in [0.1, 0.15) is 11.9 Å². The molecule has 174 valence electrons. The highest BCUT2D eigenvalue weighted by atomic mass is 19.3. The first-order valence-corrected chi connectivity index (χ1v) is 9.47. The number of hydrogen-bond donors (Lipinski definition) is 3. The van der Waals surface area contributed by atoms with Crippen molar-refractivity contribution in [1.82, 2.24) is 25.3 Å². The van der Waals surface area contributed by atoms with Crippen molar-refractivity contribution in [3.05, 3.63) is 53.6 Å². The maximum Gasteiger partial charge on any atom is 0.394 e. The number of carbonyl (C=O) groups is 2. The molecule has 0 bridgehead atoms. The molecule has 1 aromatic heterocycles. The Hall–Kier alpha value is -3.61. The van der Waals surface area contributed by atoms with Crippen molar-refractivity contribution in [2.75, 3.05) is 6.54 Å². The van der Waals surface area contributed by atoms with Crippen molar-refractivity contribution < 1.29 is 27.5 Å². The van der Waals surface area contributed by atoms with Gasteiger partial charge in [-0.2, -0.15) is 8.78 Å². The van der Waals surface area contributed by atoms with E-state index in [4.69, 9.17) is 11.6 Å². The summed E-state index contributed by atoms with van der Waals surface area (Å²) in [7, 11) is 0. The monoisotopic (exact) mass is 455 g/mol. The Morgan fingerprint density at radius 3 is 2.88 bits per heavy atom. The summed E-state index contributed by atoms with van der Waals surface area (Å²) >= 11 is 0. The lowest BCUT2D eigenvalue weighted by Crippen LogP contribution is -2.30. The lowest BCUT2D eigenvalue weighted by atomic mass is 10.2. The van der Waals surface area contributed by atoms with Crippen LogP contribution in [0.25, 0.3) is 0 Å². The number of ether oxygens (including phenoxy) is 1. The van der Waals surface area contributed by atoms with Crippen molar-refractivity contribution in [1.29, 1.82) is 0 Å². The van der Waals surface area contributed by atoms with Gasteiger partial charge in [0.15, 0.2) is 12.0 Å². The second kappa shape index (κ2) is 11.1. The third-order valence-corrected chi connectivity index (χ3v) is 3.96. The van der Waals surface area contributed by atoms with Crippen LogP contribution in [0.3, 0.4) is 0 Å². The van der Waals surface area contributed by atoms with Gasteiger partial charge in [0.05, 0.1) is 18.4 Å². The number of nitrogens with zero attached hydrogens (tertiary/aromatic N) is 4. The number of carbonyl (C=O) groups excluding carboxylic acids is 2. The maximum atomic E-state index is 14.1. The standard InChI is InChI=1S/C19H24F3N7O3/c1-19(21,22)32-16-4-2-3-13(7-16)8-25-18(31)17-11-29(27-26-17)9-14(20)5-6-28(24)10-15(23)12-30/h2-4,7,10-12,14H,5-6,8-9,23-24H2,1H3,(H,25,31)/b15-10-. The Morgan fingerprint density at radius 2 is 2.19 bits per heavy atom. The number of aromatic nitrogens is 3. The smallest absolute Gasteiger partial charge is 0.394 e. The summed E-state index contributed by atoms with van der Waals surface area (Å²) in [5.74, 6) is 4.97. The fourth-order valence-corrected chi connectivity index (χ4v) is 2.56. The predicted molar refractivity (Wildman–Crippen MR) is 108 cm³/mol. The molecule has 1 amide bonds. The Kier molecular flexibility index (Phi) is 8.58. The number of hydrazine groups is 1. The molecule has 0 aliphatic carbocycles. The Balaban J connectivity index is 1.83. The predicted octanol–water partition coefficient (Wildman–Crippen LogP) is 1.10. The summed E-state index contributed by atoms with van der Waals surface area (Å²) in [5, 5.41) is 11.1. The highest BCUT2D eigenvalue weighted by molar-refractivity contribution is 5.91. The normalized spacial score (nSPS) is 12.8. The topological polar surface area (TPSA) is 141 Å². The lowest BCUT2D eigenvalue weighted by molar-refractivity contribution is -0.159. The minimum Gasteiger partial charge on any atom is -0.433 e. The molecular weight excluding hydrogens is 431 g/mol. The van der Waals surface area contributed by atoms with Crippen LogP contribution in [0.1, 0.15) is 29.4 Å². The second-order valence-corrected chi connectivity index (χ2v) is 6.94. The van der Waals surface area contributed by atoms with Crippen LogP contribution < -0.4 is 21.6 Å². The zero-order valence-electron chi connectivity index (χ0n) is 17.2. The number of alkyl halides is 3. The molecule has 1 unspecified atom stereocenters. The van der Waals surface area contributed by atoms with Crippen LogP contribution in [-0.2, 0) is 17.9 Å². The number of benzene rings is 1. The first-order valence-electron chi connectivity index (χ1n) is 9.47. The van der Waals surface area contributed by atoms with E-state index in [0.717, 1.165) is 5.01 Å². The molecule has 2 aromatic rings. The summed E-state index contributed by atoms with van der Waals surface area (Å²) in [6.45, 7) is 0.600. The van der Waals surface area contributed by atoms with E-state index >= 15 is 0 Å². The Morgan fingerprint density at radius 1 is 1.44 bits per heavy atom. The van der Waals surface area contributed by atoms with E-state index in [1.807, 2.05) is 0 Å². The molecule has 5 N–H and O–H groups in total. The maximum absolute atomic E-state index is 14.1. The molecule has 13 heteroatoms. The first kappa shape index (κ1) is 24.7. The number of allylic oxidation sites excluding steroid dienone is 1. The van der Waals surface area contributed by atoms with Crippen LogP contribution in [0.4, 0.5) is 13.2 Å². The van der Waals surface area contributed by atoms with Crippen molar-refractivity contribution in [3.8, 4) is 5.75 Å². The van der Waals surface area contributed by atoms with Gasteiger partial charge in [-0.1, -0.05) is 17.3 Å². The highest BCUT2D eigenvalue weighted by Gasteiger charge is 2.23. The molecule has 10 nitrogen and oxygen atoms in total. The van der Waals surface area contributed by atoms with Gasteiger partial charge in [0.25, 0.3) is 5.91 Å². The van der Waals surface area contributed by atoms with Crippen molar-refractivity contribution in [2.24, 2.45) is 11.6 Å². The molecule has 1 aromatic carbocycles. The fourth-order valence-electron chi connectivity index (χ4n) is 2.56. The van der Waals surface area contributed by atoms with Gasteiger partial charge in [0, 0.05) is 26.2 Å². The van der Waals surface area contributed by atoms with E-state index in [0.29, 0.717) is 18.8 Å². The average molecular weight is 455 g/mol. The van der Waals surface area contributed by atoms with Gasteiger partial charge in [-0.05, 0) is 24.1 Å². The summed E-state index contributed by atoms with van der Waals surface area (Å²) in [6, 6.07) is 5.90. The van der Waals surface area contributed by atoms with Crippen LogP contribution in [0.15, 0.2) is 42.4 Å². The molecule has 0 saturated heterocycles. The lowest BCUT2D eigenvalue weighted by Gasteiger charge is -2.15. The third-order valence-electron chi connectivity index (χ3n) is 3.96. The number of halogens is 3. The van der Waals surface area contributed by atoms with Crippen LogP contribution in [0.5, 0.6) is 5.75 Å². The number of amides is 1. The number of hydrogen-bond acceptors (Lipinski definition) is 8. The zero-order valence-corrected chi connectivity index (χ0v) is 17.2. The molecule has 1 atom stereocenters. The van der Waals surface area contributed by atoms with E-state index in [-0.39, 0.29) is 43.2 Å². The van der Waals surface area contributed by atoms with Gasteiger partial charge in [-0.15, -0.1) is 5.10 Å². The molecule has 0 fully saturated rings. The van der Waals surface area contributed by atoms with Crippen molar-refractivity contribution >= 4 is 12.2 Å². The van der Waals surface area contributed by atoms with Crippen LogP contribution in [0, 0.1) is 0 Å². The molecule has 32 heavy (non-hydrogen) atoms. The van der Waals surface area contributed by atoms with E-state index < -0.39 is 18.2 Å². The van der Waals surface area contributed by atoms with Gasteiger partial charge in [0.2, 0.25) is 0 Å². The third kappa shape index (κ3) is 8.63. The highest BCUT2D eigenvalue weighted by Crippen LogP contribution is 2.21. The molecule has 0 aliphatic rings. The van der Waals surface area contributed by atoms with Crippen molar-refractivity contribution in [2.45, 2.75) is 38.7 Å². The van der Waals surface area contributed by atoms with E-state index in [9.17, 15) is 22.8 Å². The molecule has 0 spiro atoms. The number of aldehydes is 1. The summed E-state index contributed by atoms with van der Waals surface area (Å²) in [5.41, 5.74) is 5.72. The fraction of sp³-hybridized carbons (Fsp3) is 0.368. The van der Waals surface area contributed by atoms with Crippen molar-refractivity contribution in [3.63, 3.8) is 0 Å². The largest absolute Gasteiger partial charge is 0.433 e. The van der Waals surface area contributed by atoms with Gasteiger partial charge < -0.3 is 20.8 Å². The molecule has 0 radical (unpaired) electrons. The van der Waals surface area contributed by atoms with Crippen LogP contribution in [0.2, 0.25) is 0 Å². The van der Waals surface area contributed by atoms with Crippen LogP contribution in [-0.4, -0.2) is 51.0 Å². The molecule has 1 heterocycles. The van der Waals surface area contributed by atoms with Crippen LogP contribution >= 0.6 is 0 Å². The molecular formula is C19H24F3N7O3. The molecule has 2 rings (SSSR count). The summed E-state index contributed by atoms with van der Waals surface area (Å²) in [6.07, 6.45) is -1.75. The molecule has 0 aliphatic heterocycles. The summed E-state index contributed by atoms with van der Waals surface area (Å²) in [4.78, 5) is 22.7.